The molecule has 0 radical (unpaired) electrons. The molecule has 13 heteroatoms. The van der Waals surface area contributed by atoms with Crippen LogP contribution in [0.15, 0.2) is 103 Å². The molecule has 0 aliphatic carbocycles. The highest BCUT2D eigenvalue weighted by Crippen LogP contribution is 2.21. The van der Waals surface area contributed by atoms with Crippen molar-refractivity contribution < 1.29 is 28.0 Å². The van der Waals surface area contributed by atoms with E-state index in [-0.39, 0.29) is 5.78 Å². The number of oxazole rings is 2. The van der Waals surface area contributed by atoms with Gasteiger partial charge in [0.15, 0.2) is 11.2 Å². The number of hydrogen-bond acceptors (Lipinski definition) is 9. The number of esters is 2. The average Bonchev–Trinajstić information content (AvgIpc) is 3.46. The Morgan fingerprint density at radius 2 is 1.12 bits per heavy atom. The lowest BCUT2D eigenvalue weighted by Gasteiger charge is -2.05. The molecule has 0 fully saturated rings. The number of carbonyl (C=O) groups is 3. The number of aromatic nitrogens is 2. The summed E-state index contributed by atoms with van der Waals surface area (Å²) in [5, 5.41) is 1.06. The lowest BCUT2D eigenvalue weighted by Crippen LogP contribution is -2.15. The van der Waals surface area contributed by atoms with Crippen LogP contribution in [0.25, 0.3) is 22.2 Å². The highest BCUT2D eigenvalue weighted by molar-refractivity contribution is 6.31. The Morgan fingerprint density at radius 1 is 0.667 bits per heavy atom. The van der Waals surface area contributed by atoms with Gasteiger partial charge in [-0.05, 0) is 60.0 Å². The maximum atomic E-state index is 12.0. The van der Waals surface area contributed by atoms with Crippen molar-refractivity contribution in [3.8, 4) is 0 Å². The topological polar surface area (TPSA) is 157 Å². The Balaban J connectivity index is 0.000000183. The molecular formula is C35H31Cl2N3O8. The first-order chi connectivity index (χ1) is 22.8. The van der Waals surface area contributed by atoms with E-state index in [1.165, 1.54) is 13.8 Å². The number of hydrogen-bond donors (Lipinski definition) is 1. The molecule has 0 spiro atoms. The molecule has 0 atom stereocenters. The van der Waals surface area contributed by atoms with Crippen molar-refractivity contribution in [1.82, 2.24) is 9.13 Å². The third-order valence-corrected chi connectivity index (χ3v) is 7.10. The fourth-order valence-corrected chi connectivity index (χ4v) is 5.09. The molecule has 6 rings (SSSR count). The van der Waals surface area contributed by atoms with Crippen LogP contribution in [-0.2, 0) is 38.6 Å². The number of carbonyl (C=O) groups excluding carboxylic acids is 3. The van der Waals surface area contributed by atoms with Crippen LogP contribution in [0.2, 0.25) is 10.0 Å². The van der Waals surface area contributed by atoms with Crippen molar-refractivity contribution in [3.05, 3.63) is 133 Å². The van der Waals surface area contributed by atoms with Crippen LogP contribution >= 0.6 is 23.2 Å². The van der Waals surface area contributed by atoms with Crippen molar-refractivity contribution >= 4 is 68.8 Å². The molecule has 0 amide bonds. The first-order valence-electron chi connectivity index (χ1n) is 14.5. The third-order valence-electron chi connectivity index (χ3n) is 6.62. The number of ether oxygens (including phenoxy) is 1. The van der Waals surface area contributed by atoms with E-state index in [0.29, 0.717) is 51.9 Å². The molecule has 0 saturated heterocycles. The summed E-state index contributed by atoms with van der Waals surface area (Å²) >= 11 is 11.8. The molecule has 2 aromatic heterocycles. The van der Waals surface area contributed by atoms with Crippen LogP contribution in [0.3, 0.4) is 0 Å². The van der Waals surface area contributed by atoms with Crippen molar-refractivity contribution in [1.29, 1.82) is 0 Å². The zero-order valence-electron chi connectivity index (χ0n) is 26.2. The highest BCUT2D eigenvalue weighted by atomic mass is 35.5. The quantitative estimate of drug-likeness (QED) is 0.119. The van der Waals surface area contributed by atoms with Crippen LogP contribution in [0.1, 0.15) is 37.5 Å². The number of anilines is 1. The van der Waals surface area contributed by atoms with Gasteiger partial charge in [0.1, 0.15) is 5.78 Å². The van der Waals surface area contributed by atoms with Crippen LogP contribution < -0.4 is 17.2 Å². The standard InChI is InChI=1S/C17H14ClNO3.C14H11ClN2O2.C4H6O3/c1-11(20)7-12-3-2-4-13(8-12)10-19-15-6-5-14(18)9-16(15)22-17(19)21;15-10-4-5-12-13(7-10)19-14(18)17(12)8-9-2-1-3-11(16)6-9;1-3(5)7-4(2)6/h2-6,8-9H,7,10H2,1H3;1-7H,8,16H2;1-2H3. The van der Waals surface area contributed by atoms with Gasteiger partial charge in [0.2, 0.25) is 0 Å². The molecule has 4 aromatic carbocycles. The number of nitrogen functional groups attached to an aromatic ring is 1. The molecule has 0 saturated carbocycles. The van der Waals surface area contributed by atoms with Gasteiger partial charge in [-0.3, -0.25) is 23.5 Å². The second-order valence-corrected chi connectivity index (χ2v) is 11.5. The zero-order chi connectivity index (χ0) is 35.0. The number of fused-ring (bicyclic) bond motifs is 2. The SMILES string of the molecule is CC(=O)Cc1cccc(Cn2c(=O)oc3cc(Cl)ccc32)c1.CC(=O)OC(C)=O.Nc1cccc(Cn2c(=O)oc3cc(Cl)ccc32)c1. The molecule has 0 aliphatic heterocycles. The van der Waals surface area contributed by atoms with Crippen molar-refractivity contribution in [2.45, 2.75) is 40.3 Å². The minimum absolute atomic E-state index is 0.109. The summed E-state index contributed by atoms with van der Waals surface area (Å²) in [5.41, 5.74) is 11.6. The second kappa shape index (κ2) is 15.9. The van der Waals surface area contributed by atoms with E-state index < -0.39 is 23.5 Å². The van der Waals surface area contributed by atoms with Crippen molar-refractivity contribution in [2.24, 2.45) is 0 Å². The smallest absolute Gasteiger partial charge is 0.408 e. The fraction of sp³-hybridized carbons (Fsp3) is 0.171. The number of nitrogens with two attached hydrogens (primary N) is 1. The largest absolute Gasteiger partial charge is 0.420 e. The molecule has 2 heterocycles. The number of rotatable bonds is 6. The molecule has 48 heavy (non-hydrogen) atoms. The Labute approximate surface area is 284 Å². The Morgan fingerprint density at radius 3 is 1.56 bits per heavy atom. The predicted molar refractivity (Wildman–Crippen MR) is 183 cm³/mol. The van der Waals surface area contributed by atoms with E-state index in [1.807, 2.05) is 42.5 Å². The molecule has 0 aliphatic rings. The number of Topliss-reactive ketones (excluding diaryl/α,β-unsaturated/α-hetero) is 1. The Bertz CT molecular complexity index is 2220. The number of ketones is 1. The highest BCUT2D eigenvalue weighted by Gasteiger charge is 2.12. The van der Waals surface area contributed by atoms with Crippen LogP contribution in [0.5, 0.6) is 0 Å². The third kappa shape index (κ3) is 9.81. The minimum Gasteiger partial charge on any atom is -0.408 e. The van der Waals surface area contributed by atoms with Crippen LogP contribution in [-0.4, -0.2) is 26.9 Å². The van der Waals surface area contributed by atoms with E-state index in [9.17, 15) is 24.0 Å². The molecule has 11 nitrogen and oxygen atoms in total. The first kappa shape index (κ1) is 35.5. The number of halogens is 2. The first-order valence-corrected chi connectivity index (χ1v) is 15.2. The number of nitrogens with zero attached hydrogens (tertiary/aromatic N) is 2. The Hall–Kier alpha value is -5.39. The van der Waals surface area contributed by atoms with E-state index in [2.05, 4.69) is 4.74 Å². The zero-order valence-corrected chi connectivity index (χ0v) is 27.7. The van der Waals surface area contributed by atoms with E-state index in [0.717, 1.165) is 22.2 Å². The summed E-state index contributed by atoms with van der Waals surface area (Å²) in [7, 11) is 0. The minimum atomic E-state index is -0.562. The lowest BCUT2D eigenvalue weighted by molar-refractivity contribution is -0.156. The lowest BCUT2D eigenvalue weighted by atomic mass is 10.1. The normalized spacial score (nSPS) is 10.5. The van der Waals surface area contributed by atoms with Gasteiger partial charge in [-0.25, -0.2) is 9.59 Å². The van der Waals surface area contributed by atoms with Gasteiger partial charge in [0.25, 0.3) is 0 Å². The van der Waals surface area contributed by atoms with Gasteiger partial charge in [-0.15, -0.1) is 0 Å². The Kier molecular flexibility index (Phi) is 11.8. The second-order valence-electron chi connectivity index (χ2n) is 10.7. The van der Waals surface area contributed by atoms with E-state index in [1.54, 1.807) is 58.5 Å². The molecular weight excluding hydrogens is 661 g/mol. The van der Waals surface area contributed by atoms with Crippen molar-refractivity contribution in [2.75, 3.05) is 5.73 Å². The molecule has 0 unspecified atom stereocenters. The molecule has 0 bridgehead atoms. The molecule has 6 aromatic rings. The summed E-state index contributed by atoms with van der Waals surface area (Å²) in [6, 6.07) is 25.3. The summed E-state index contributed by atoms with van der Waals surface area (Å²) < 4.78 is 17.5. The van der Waals surface area contributed by atoms with Gasteiger partial charge < -0.3 is 19.3 Å². The maximum absolute atomic E-state index is 12.0. The molecule has 248 valence electrons. The van der Waals surface area contributed by atoms with Crippen molar-refractivity contribution in [3.63, 3.8) is 0 Å². The van der Waals surface area contributed by atoms with Crippen LogP contribution in [0, 0.1) is 0 Å². The van der Waals surface area contributed by atoms with E-state index in [4.69, 9.17) is 37.8 Å². The average molecular weight is 693 g/mol. The predicted octanol–water partition coefficient (Wildman–Crippen LogP) is 6.40. The van der Waals surface area contributed by atoms with Gasteiger partial charge in [-0.1, -0.05) is 59.6 Å². The summed E-state index contributed by atoms with van der Waals surface area (Å²) in [6.45, 7) is 4.73. The van der Waals surface area contributed by atoms with Gasteiger partial charge >= 0.3 is 23.5 Å². The maximum Gasteiger partial charge on any atom is 0.420 e. The van der Waals surface area contributed by atoms with Gasteiger partial charge in [0, 0.05) is 48.1 Å². The van der Waals surface area contributed by atoms with E-state index >= 15 is 0 Å². The summed E-state index contributed by atoms with van der Waals surface area (Å²) in [6.07, 6.45) is 0.393. The fourth-order valence-electron chi connectivity index (χ4n) is 4.76. The monoisotopic (exact) mass is 691 g/mol. The number of benzene rings is 4. The van der Waals surface area contributed by atoms with Crippen LogP contribution in [0.4, 0.5) is 5.69 Å². The van der Waals surface area contributed by atoms with Gasteiger partial charge in [0.05, 0.1) is 24.1 Å². The molecule has 2 N–H and O–H groups in total. The summed E-state index contributed by atoms with van der Waals surface area (Å²) in [4.78, 5) is 54.7. The van der Waals surface area contributed by atoms with Gasteiger partial charge in [-0.2, -0.15) is 0 Å². The summed E-state index contributed by atoms with van der Waals surface area (Å²) in [5.74, 6) is -1.84.